The van der Waals surface area contributed by atoms with Gasteiger partial charge in [0.25, 0.3) is 0 Å². The summed E-state index contributed by atoms with van der Waals surface area (Å²) in [6, 6.07) is 7.52. The second-order valence-electron chi connectivity index (χ2n) is 7.67. The molecule has 130 valence electrons. The average molecular weight is 371 g/mol. The minimum absolute atomic E-state index is 0.292. The largest absolute Gasteiger partial charge is 0.462 e. The van der Waals surface area contributed by atoms with Crippen molar-refractivity contribution in [2.45, 2.75) is 52.8 Å². The van der Waals surface area contributed by atoms with E-state index in [2.05, 4.69) is 45.8 Å². The molecule has 0 amide bonds. The van der Waals surface area contributed by atoms with Crippen molar-refractivity contribution in [1.29, 1.82) is 0 Å². The Bertz CT molecular complexity index is 514. The molecule has 0 fully saturated rings. The van der Waals surface area contributed by atoms with Gasteiger partial charge in [0.15, 0.2) is 16.6 Å². The smallest absolute Gasteiger partial charge is 0.348 e. The minimum atomic E-state index is -2.50. The molecule has 7 heteroatoms. The Labute approximate surface area is 143 Å². The SMILES string of the molecule is CCOC(=O)c1ccc([Si](C)(O[Si](C)(C)C)O[Si](C)(C)C)cc1. The summed E-state index contributed by atoms with van der Waals surface area (Å²) in [5.41, 5.74) is 0.563. The first kappa shape index (κ1) is 20.3. The van der Waals surface area contributed by atoms with E-state index in [-0.39, 0.29) is 5.97 Å². The second kappa shape index (κ2) is 7.44. The van der Waals surface area contributed by atoms with Gasteiger partial charge in [0.2, 0.25) is 0 Å². The number of esters is 1. The lowest BCUT2D eigenvalue weighted by atomic mass is 10.2. The molecule has 0 N–H and O–H groups in total. The summed E-state index contributed by atoms with van der Waals surface area (Å²) < 4.78 is 18.1. The maximum absolute atomic E-state index is 11.8. The third-order valence-electron chi connectivity index (χ3n) is 2.92. The molecule has 0 aromatic heterocycles. The predicted molar refractivity (Wildman–Crippen MR) is 103 cm³/mol. The van der Waals surface area contributed by atoms with Crippen molar-refractivity contribution in [2.75, 3.05) is 6.61 Å². The highest BCUT2D eigenvalue weighted by Crippen LogP contribution is 2.21. The number of benzene rings is 1. The standard InChI is InChI=1S/C16H30O4Si3/c1-9-18-16(17)14-10-12-15(13-11-14)23(8,19-21(2,3)4)20-22(5,6)7/h10-13H,9H2,1-8H3. The number of hydrogen-bond donors (Lipinski definition) is 0. The number of carbonyl (C=O) groups is 1. The summed E-state index contributed by atoms with van der Waals surface area (Å²) in [6.45, 7) is 17.4. The summed E-state index contributed by atoms with van der Waals surface area (Å²) in [6.07, 6.45) is 0. The van der Waals surface area contributed by atoms with Gasteiger partial charge in [-0.15, -0.1) is 0 Å². The van der Waals surface area contributed by atoms with Gasteiger partial charge in [-0.1, -0.05) is 12.1 Å². The van der Waals surface area contributed by atoms with Gasteiger partial charge in [0.1, 0.15) is 0 Å². The fraction of sp³-hybridized carbons (Fsp3) is 0.562. The molecule has 0 unspecified atom stereocenters. The summed E-state index contributed by atoms with van der Waals surface area (Å²) in [7, 11) is -6.01. The fourth-order valence-electron chi connectivity index (χ4n) is 2.43. The zero-order valence-corrected chi connectivity index (χ0v) is 18.6. The molecule has 0 spiro atoms. The molecule has 1 rings (SSSR count). The van der Waals surface area contributed by atoms with E-state index in [1.54, 1.807) is 19.1 Å². The van der Waals surface area contributed by atoms with Crippen LogP contribution < -0.4 is 5.19 Å². The zero-order valence-electron chi connectivity index (χ0n) is 15.6. The molecule has 0 aliphatic rings. The van der Waals surface area contributed by atoms with Crippen molar-refractivity contribution in [2.24, 2.45) is 0 Å². The van der Waals surface area contributed by atoms with Crippen LogP contribution in [0, 0.1) is 0 Å². The molecule has 0 heterocycles. The summed E-state index contributed by atoms with van der Waals surface area (Å²) in [4.78, 5) is 11.8. The van der Waals surface area contributed by atoms with Gasteiger partial charge in [-0.25, -0.2) is 4.79 Å². The predicted octanol–water partition coefficient (Wildman–Crippen LogP) is 3.85. The van der Waals surface area contributed by atoms with Gasteiger partial charge in [-0.2, -0.15) is 0 Å². The van der Waals surface area contributed by atoms with E-state index >= 15 is 0 Å². The molecular weight excluding hydrogens is 340 g/mol. The van der Waals surface area contributed by atoms with Crippen LogP contribution in [0.3, 0.4) is 0 Å². The monoisotopic (exact) mass is 370 g/mol. The van der Waals surface area contributed by atoms with Crippen molar-refractivity contribution in [3.63, 3.8) is 0 Å². The van der Waals surface area contributed by atoms with E-state index in [1.807, 2.05) is 12.1 Å². The molecule has 0 saturated heterocycles. The van der Waals surface area contributed by atoms with Crippen molar-refractivity contribution < 1.29 is 17.8 Å². The first-order valence-corrected chi connectivity index (χ1v) is 17.2. The fourth-order valence-corrected chi connectivity index (χ4v) is 14.0. The molecule has 23 heavy (non-hydrogen) atoms. The lowest BCUT2D eigenvalue weighted by Gasteiger charge is -2.38. The first-order valence-electron chi connectivity index (χ1n) is 8.04. The normalized spacial score (nSPS) is 13.0. The highest BCUT2D eigenvalue weighted by molar-refractivity contribution is 6.94. The number of carbonyl (C=O) groups excluding carboxylic acids is 1. The Morgan fingerprint density at radius 3 is 1.65 bits per heavy atom. The Kier molecular flexibility index (Phi) is 6.56. The van der Waals surface area contributed by atoms with Crippen LogP contribution in [0.5, 0.6) is 0 Å². The number of ether oxygens (including phenoxy) is 1. The Hall–Kier alpha value is -0.739. The minimum Gasteiger partial charge on any atom is -0.462 e. The first-order chi connectivity index (χ1) is 10.4. The second-order valence-corrected chi connectivity index (χ2v) is 20.2. The number of hydrogen-bond acceptors (Lipinski definition) is 4. The van der Waals surface area contributed by atoms with Gasteiger partial charge in [0.05, 0.1) is 12.2 Å². The van der Waals surface area contributed by atoms with E-state index in [4.69, 9.17) is 13.0 Å². The molecule has 0 aliphatic carbocycles. The molecule has 4 nitrogen and oxygen atoms in total. The van der Waals surface area contributed by atoms with E-state index in [9.17, 15) is 4.79 Å². The van der Waals surface area contributed by atoms with Crippen molar-refractivity contribution in [3.8, 4) is 0 Å². The van der Waals surface area contributed by atoms with Crippen LogP contribution in [-0.4, -0.2) is 37.8 Å². The van der Waals surface area contributed by atoms with Crippen LogP contribution in [0.15, 0.2) is 24.3 Å². The molecule has 0 radical (unpaired) electrons. The van der Waals surface area contributed by atoms with Crippen LogP contribution in [0.2, 0.25) is 45.8 Å². The number of rotatable bonds is 7. The molecule has 0 atom stereocenters. The van der Waals surface area contributed by atoms with Gasteiger partial charge in [0, 0.05) is 0 Å². The lowest BCUT2D eigenvalue weighted by Crippen LogP contribution is -2.60. The van der Waals surface area contributed by atoms with Crippen LogP contribution in [0.1, 0.15) is 17.3 Å². The summed E-state index contributed by atoms with van der Waals surface area (Å²) >= 11 is 0. The van der Waals surface area contributed by atoms with Crippen LogP contribution in [0.4, 0.5) is 0 Å². The van der Waals surface area contributed by atoms with Crippen LogP contribution in [0.25, 0.3) is 0 Å². The van der Waals surface area contributed by atoms with Crippen molar-refractivity contribution in [3.05, 3.63) is 29.8 Å². The van der Waals surface area contributed by atoms with Gasteiger partial charge < -0.3 is 13.0 Å². The third kappa shape index (κ3) is 6.72. The Balaban J connectivity index is 3.14. The maximum atomic E-state index is 11.8. The van der Waals surface area contributed by atoms with Gasteiger partial charge >= 0.3 is 14.5 Å². The summed E-state index contributed by atoms with van der Waals surface area (Å²) in [5, 5.41) is 1.07. The van der Waals surface area contributed by atoms with Gasteiger partial charge in [-0.05, 0) is 70.1 Å². The molecule has 0 aliphatic heterocycles. The lowest BCUT2D eigenvalue weighted by molar-refractivity contribution is 0.0526. The van der Waals surface area contributed by atoms with E-state index in [0.717, 1.165) is 5.19 Å². The van der Waals surface area contributed by atoms with Crippen molar-refractivity contribution >= 4 is 36.4 Å². The highest BCUT2D eigenvalue weighted by atomic mass is 28.5. The zero-order chi connectivity index (χ0) is 17.9. The third-order valence-corrected chi connectivity index (χ3v) is 12.3. The van der Waals surface area contributed by atoms with E-state index in [0.29, 0.717) is 12.2 Å². The van der Waals surface area contributed by atoms with Crippen molar-refractivity contribution in [1.82, 2.24) is 0 Å². The van der Waals surface area contributed by atoms with E-state index in [1.165, 1.54) is 0 Å². The Morgan fingerprint density at radius 1 is 0.870 bits per heavy atom. The molecular formula is C16H30O4Si3. The highest BCUT2D eigenvalue weighted by Gasteiger charge is 2.42. The molecule has 1 aromatic rings. The quantitative estimate of drug-likeness (QED) is 0.540. The molecule has 0 saturated carbocycles. The van der Waals surface area contributed by atoms with Crippen LogP contribution >= 0.6 is 0 Å². The van der Waals surface area contributed by atoms with Crippen LogP contribution in [-0.2, 0) is 13.0 Å². The maximum Gasteiger partial charge on any atom is 0.348 e. The average Bonchev–Trinajstić information content (AvgIpc) is 2.34. The Morgan fingerprint density at radius 2 is 1.30 bits per heavy atom. The molecule has 0 bridgehead atoms. The van der Waals surface area contributed by atoms with E-state index < -0.39 is 25.2 Å². The molecule has 1 aromatic carbocycles. The summed E-state index contributed by atoms with van der Waals surface area (Å²) in [5.74, 6) is -0.292. The topological polar surface area (TPSA) is 44.8 Å². The van der Waals surface area contributed by atoms with Gasteiger partial charge in [-0.3, -0.25) is 0 Å².